The first kappa shape index (κ1) is 23.6. The van der Waals surface area contributed by atoms with E-state index in [9.17, 15) is 4.79 Å². The van der Waals surface area contributed by atoms with E-state index in [1.807, 2.05) is 0 Å². The molecule has 2 N–H and O–H groups in total. The minimum absolute atomic E-state index is 0.0448. The topological polar surface area (TPSA) is 46.3 Å². The van der Waals surface area contributed by atoms with Crippen LogP contribution >= 0.6 is 11.6 Å². The molecular formula is C31H39ClN2O. The first-order valence-electron chi connectivity index (χ1n) is 13.5. The van der Waals surface area contributed by atoms with Gasteiger partial charge in [-0.05, 0) is 78.7 Å². The fourth-order valence-corrected chi connectivity index (χ4v) is 9.07. The second-order valence-corrected chi connectivity index (χ2v) is 13.7. The zero-order chi connectivity index (χ0) is 24.5. The van der Waals surface area contributed by atoms with Crippen molar-refractivity contribution in [3.8, 4) is 0 Å². The molecule has 186 valence electrons. The van der Waals surface area contributed by atoms with Gasteiger partial charge in [-0.25, -0.2) is 0 Å². The van der Waals surface area contributed by atoms with Gasteiger partial charge in [0.1, 0.15) is 0 Å². The monoisotopic (exact) mass is 490 g/mol. The number of nitrogens with two attached hydrogens (primary N) is 1. The van der Waals surface area contributed by atoms with Crippen LogP contribution in [0.4, 0.5) is 0 Å². The maximum Gasteiger partial charge on any atom is 0.228 e. The normalized spacial score (nSPS) is 39.5. The van der Waals surface area contributed by atoms with Crippen molar-refractivity contribution in [2.45, 2.75) is 75.1 Å². The van der Waals surface area contributed by atoms with Gasteiger partial charge in [-0.2, -0.15) is 0 Å². The van der Waals surface area contributed by atoms with Crippen molar-refractivity contribution in [2.75, 3.05) is 13.1 Å². The molecular weight excluding hydrogens is 452 g/mol. The first-order valence-corrected chi connectivity index (χ1v) is 13.9. The standard InChI is InChI=1S/C31H39ClN2O/c1-28(2)21-34(14-13-26(28)33)27(35)30-18-24-16-29(20-30,23-11-7-4-8-12-23)17-25(19-30)31(24,32)15-22-9-5-3-6-10-22/h3-12,24-26H,13-21,33H2,1-2H3/t24?,25?,26-,29?,30?,31?/m0/s1. The van der Waals surface area contributed by atoms with Crippen LogP contribution in [0, 0.1) is 22.7 Å². The highest BCUT2D eigenvalue weighted by Crippen LogP contribution is 2.71. The van der Waals surface area contributed by atoms with Crippen LogP contribution in [0.25, 0.3) is 0 Å². The number of piperidine rings is 1. The predicted molar refractivity (Wildman–Crippen MR) is 142 cm³/mol. The van der Waals surface area contributed by atoms with Gasteiger partial charge in [0.05, 0.1) is 10.3 Å². The molecule has 1 heterocycles. The third-order valence-electron chi connectivity index (χ3n) is 10.3. The second-order valence-electron chi connectivity index (χ2n) is 13.0. The van der Waals surface area contributed by atoms with E-state index in [4.69, 9.17) is 17.3 Å². The highest BCUT2D eigenvalue weighted by molar-refractivity contribution is 6.24. The van der Waals surface area contributed by atoms with E-state index in [2.05, 4.69) is 79.4 Å². The van der Waals surface area contributed by atoms with Gasteiger partial charge in [0, 0.05) is 19.1 Å². The number of carbonyl (C=O) groups excluding carboxylic acids is 1. The Hall–Kier alpha value is -1.84. The molecule has 5 fully saturated rings. The third-order valence-corrected chi connectivity index (χ3v) is 11.1. The van der Waals surface area contributed by atoms with E-state index in [0.717, 1.165) is 58.0 Å². The number of carbonyl (C=O) groups is 1. The van der Waals surface area contributed by atoms with Crippen LogP contribution in [-0.4, -0.2) is 34.8 Å². The van der Waals surface area contributed by atoms with Crippen LogP contribution in [0.5, 0.6) is 0 Å². The maximum atomic E-state index is 14.4. The number of nitrogens with zero attached hydrogens (tertiary/aromatic N) is 1. The van der Waals surface area contributed by atoms with Crippen LogP contribution in [0.3, 0.4) is 0 Å². The summed E-state index contributed by atoms with van der Waals surface area (Å²) in [7, 11) is 0. The smallest absolute Gasteiger partial charge is 0.228 e. The quantitative estimate of drug-likeness (QED) is 0.539. The Bertz CT molecular complexity index is 1080. The van der Waals surface area contributed by atoms with Crippen LogP contribution in [0.15, 0.2) is 60.7 Å². The second kappa shape index (κ2) is 8.08. The fraction of sp³-hybridized carbons (Fsp3) is 0.581. The molecule has 2 aromatic rings. The number of likely N-dealkylation sites (tertiary alicyclic amines) is 1. The Morgan fingerprint density at radius 2 is 1.57 bits per heavy atom. The summed E-state index contributed by atoms with van der Waals surface area (Å²) < 4.78 is 0. The minimum Gasteiger partial charge on any atom is -0.342 e. The van der Waals surface area contributed by atoms with Crippen molar-refractivity contribution in [1.82, 2.24) is 4.90 Å². The molecule has 4 heteroatoms. The fourth-order valence-electron chi connectivity index (χ4n) is 8.61. The molecule has 0 radical (unpaired) electrons. The Kier molecular flexibility index (Phi) is 5.44. The number of rotatable bonds is 4. The van der Waals surface area contributed by atoms with Crippen molar-refractivity contribution >= 4 is 17.5 Å². The lowest BCUT2D eigenvalue weighted by Gasteiger charge is -2.67. The molecule has 35 heavy (non-hydrogen) atoms. The van der Waals surface area contributed by atoms with Gasteiger partial charge in [0.25, 0.3) is 0 Å². The van der Waals surface area contributed by atoms with Crippen molar-refractivity contribution < 1.29 is 4.79 Å². The summed E-state index contributed by atoms with van der Waals surface area (Å²) in [5, 5.41) is 0. The van der Waals surface area contributed by atoms with Crippen LogP contribution in [0.1, 0.15) is 63.5 Å². The number of hydrogen-bond donors (Lipinski definition) is 1. The van der Waals surface area contributed by atoms with Crippen molar-refractivity contribution in [2.24, 2.45) is 28.4 Å². The van der Waals surface area contributed by atoms with Crippen LogP contribution in [-0.2, 0) is 16.6 Å². The molecule has 5 aliphatic rings. The van der Waals surface area contributed by atoms with E-state index in [1.54, 1.807) is 0 Å². The molecule has 3 atom stereocenters. The first-order chi connectivity index (χ1) is 16.7. The van der Waals surface area contributed by atoms with Crippen molar-refractivity contribution in [1.29, 1.82) is 0 Å². The molecule has 4 aliphatic carbocycles. The van der Waals surface area contributed by atoms with Crippen molar-refractivity contribution in [3.05, 3.63) is 71.8 Å². The highest BCUT2D eigenvalue weighted by Gasteiger charge is 2.68. The summed E-state index contributed by atoms with van der Waals surface area (Å²) in [6.45, 7) is 5.98. The number of amides is 1. The zero-order valence-corrected chi connectivity index (χ0v) is 21.9. The Labute approximate surface area is 215 Å². The Morgan fingerprint density at radius 3 is 2.17 bits per heavy atom. The molecule has 4 bridgehead atoms. The summed E-state index contributed by atoms with van der Waals surface area (Å²) in [5.41, 5.74) is 8.87. The van der Waals surface area contributed by atoms with Crippen LogP contribution < -0.4 is 5.73 Å². The maximum absolute atomic E-state index is 14.4. The molecule has 0 spiro atoms. The summed E-state index contributed by atoms with van der Waals surface area (Å²) in [6, 6.07) is 21.9. The minimum atomic E-state index is -0.297. The summed E-state index contributed by atoms with van der Waals surface area (Å²) in [5.74, 6) is 1.07. The molecule has 7 rings (SSSR count). The van der Waals surface area contributed by atoms with E-state index in [0.29, 0.717) is 17.7 Å². The average Bonchev–Trinajstić information content (AvgIpc) is 2.85. The number of halogens is 1. The van der Waals surface area contributed by atoms with E-state index < -0.39 is 0 Å². The van der Waals surface area contributed by atoms with Gasteiger partial charge in [-0.3, -0.25) is 4.79 Å². The molecule has 0 aromatic heterocycles. The van der Waals surface area contributed by atoms with Gasteiger partial charge in [0.2, 0.25) is 5.91 Å². The predicted octanol–water partition coefficient (Wildman–Crippen LogP) is 5.94. The van der Waals surface area contributed by atoms with E-state index in [1.165, 1.54) is 11.1 Å². The number of alkyl halides is 1. The van der Waals surface area contributed by atoms with E-state index in [-0.39, 0.29) is 27.2 Å². The third kappa shape index (κ3) is 3.68. The zero-order valence-electron chi connectivity index (χ0n) is 21.2. The lowest BCUT2D eigenvalue weighted by atomic mass is 9.39. The van der Waals surface area contributed by atoms with Gasteiger partial charge in [0.15, 0.2) is 0 Å². The summed E-state index contributed by atoms with van der Waals surface area (Å²) in [6.07, 6.45) is 6.79. The highest BCUT2D eigenvalue weighted by atomic mass is 35.5. The Balaban J connectivity index is 1.37. The molecule has 3 nitrogen and oxygen atoms in total. The summed E-state index contributed by atoms with van der Waals surface area (Å²) in [4.78, 5) is 16.3. The van der Waals surface area contributed by atoms with E-state index >= 15 is 0 Å². The van der Waals surface area contributed by atoms with Crippen LogP contribution in [0.2, 0.25) is 0 Å². The molecule has 1 saturated heterocycles. The lowest BCUT2D eigenvalue weighted by Crippen LogP contribution is -2.68. The molecule has 4 saturated carbocycles. The SMILES string of the molecule is CC1(C)CN(C(=O)C23CC4CC(c5ccccc5)(CC(C2)C4(Cl)Cc2ccccc2)C3)CC[C@@H]1N. The largest absolute Gasteiger partial charge is 0.342 e. The molecule has 2 aromatic carbocycles. The Morgan fingerprint density at radius 1 is 0.971 bits per heavy atom. The number of benzene rings is 2. The van der Waals surface area contributed by atoms with Gasteiger partial charge >= 0.3 is 0 Å². The van der Waals surface area contributed by atoms with Gasteiger partial charge in [-0.1, -0.05) is 74.5 Å². The lowest BCUT2D eigenvalue weighted by molar-refractivity contribution is -0.168. The van der Waals surface area contributed by atoms with Gasteiger partial charge in [-0.15, -0.1) is 11.6 Å². The average molecular weight is 491 g/mol. The molecule has 1 aliphatic heterocycles. The molecule has 2 unspecified atom stereocenters. The molecule has 1 amide bonds. The van der Waals surface area contributed by atoms with Crippen molar-refractivity contribution in [3.63, 3.8) is 0 Å². The summed E-state index contributed by atoms with van der Waals surface area (Å²) >= 11 is 7.69. The number of hydrogen-bond acceptors (Lipinski definition) is 2. The van der Waals surface area contributed by atoms with Gasteiger partial charge < -0.3 is 10.6 Å².